The third-order valence-electron chi connectivity index (χ3n) is 4.07. The van der Waals surface area contributed by atoms with Crippen LogP contribution in [0.5, 0.6) is 0 Å². The van der Waals surface area contributed by atoms with Gasteiger partial charge in [0.15, 0.2) is 6.61 Å². The van der Waals surface area contributed by atoms with E-state index in [-0.39, 0.29) is 18.6 Å². The van der Waals surface area contributed by atoms with E-state index in [2.05, 4.69) is 11.4 Å². The predicted octanol–water partition coefficient (Wildman–Crippen LogP) is 4.06. The number of thioether (sulfide) groups is 1. The summed E-state index contributed by atoms with van der Waals surface area (Å²) in [6, 6.07) is 13.1. The minimum Gasteiger partial charge on any atom is -0.452 e. The standard InChI is InChI=1S/C20H23NO3S/c1-13-9-10-16(11-14(13)2)15(3)21-19(22)12-24-20(23)17-7-5-6-8-18(17)25-4/h5-11,15H,12H2,1-4H3,(H,21,22)/t15-/m1/s1. The lowest BCUT2D eigenvalue weighted by atomic mass is 10.0. The summed E-state index contributed by atoms with van der Waals surface area (Å²) in [7, 11) is 0. The largest absolute Gasteiger partial charge is 0.452 e. The topological polar surface area (TPSA) is 55.4 Å². The summed E-state index contributed by atoms with van der Waals surface area (Å²) in [4.78, 5) is 25.1. The summed E-state index contributed by atoms with van der Waals surface area (Å²) >= 11 is 1.47. The van der Waals surface area contributed by atoms with Crippen molar-refractivity contribution in [3.63, 3.8) is 0 Å². The first-order chi connectivity index (χ1) is 11.9. The highest BCUT2D eigenvalue weighted by Crippen LogP contribution is 2.20. The summed E-state index contributed by atoms with van der Waals surface area (Å²) in [5.74, 6) is -0.806. The van der Waals surface area contributed by atoms with Gasteiger partial charge in [-0.25, -0.2) is 4.79 Å². The van der Waals surface area contributed by atoms with Crippen LogP contribution in [0.3, 0.4) is 0 Å². The van der Waals surface area contributed by atoms with Crippen LogP contribution >= 0.6 is 11.8 Å². The van der Waals surface area contributed by atoms with Gasteiger partial charge in [0.1, 0.15) is 0 Å². The van der Waals surface area contributed by atoms with Gasteiger partial charge in [0.2, 0.25) is 0 Å². The molecule has 0 aliphatic rings. The Balaban J connectivity index is 1.91. The molecule has 1 atom stereocenters. The maximum absolute atomic E-state index is 12.2. The molecule has 0 saturated heterocycles. The average Bonchev–Trinajstić information content (AvgIpc) is 2.61. The van der Waals surface area contributed by atoms with Crippen molar-refractivity contribution in [2.24, 2.45) is 0 Å². The predicted molar refractivity (Wildman–Crippen MR) is 101 cm³/mol. The third-order valence-corrected chi connectivity index (χ3v) is 4.87. The number of hydrogen-bond donors (Lipinski definition) is 1. The number of benzene rings is 2. The molecule has 25 heavy (non-hydrogen) atoms. The van der Waals surface area contributed by atoms with E-state index in [9.17, 15) is 9.59 Å². The SMILES string of the molecule is CSc1ccccc1C(=O)OCC(=O)N[C@H](C)c1ccc(C)c(C)c1. The molecule has 0 unspecified atom stereocenters. The van der Waals surface area contributed by atoms with Crippen LogP contribution in [0.1, 0.15) is 40.0 Å². The monoisotopic (exact) mass is 357 g/mol. The number of esters is 1. The smallest absolute Gasteiger partial charge is 0.339 e. The lowest BCUT2D eigenvalue weighted by molar-refractivity contribution is -0.124. The number of ether oxygens (including phenoxy) is 1. The van der Waals surface area contributed by atoms with Crippen molar-refractivity contribution in [2.45, 2.75) is 31.7 Å². The van der Waals surface area contributed by atoms with Gasteiger partial charge in [0.05, 0.1) is 11.6 Å². The van der Waals surface area contributed by atoms with Crippen molar-refractivity contribution in [3.05, 3.63) is 64.7 Å². The molecule has 0 radical (unpaired) electrons. The van der Waals surface area contributed by atoms with Crippen LogP contribution in [0, 0.1) is 13.8 Å². The molecular weight excluding hydrogens is 334 g/mol. The molecule has 0 heterocycles. The van der Waals surface area contributed by atoms with E-state index in [4.69, 9.17) is 4.74 Å². The van der Waals surface area contributed by atoms with Crippen LogP contribution in [0.4, 0.5) is 0 Å². The van der Waals surface area contributed by atoms with Gasteiger partial charge in [-0.2, -0.15) is 0 Å². The normalized spacial score (nSPS) is 11.7. The average molecular weight is 357 g/mol. The second kappa shape index (κ2) is 8.72. The first-order valence-corrected chi connectivity index (χ1v) is 9.31. The van der Waals surface area contributed by atoms with E-state index >= 15 is 0 Å². The Morgan fingerprint density at radius 2 is 1.84 bits per heavy atom. The Morgan fingerprint density at radius 3 is 2.52 bits per heavy atom. The molecule has 0 aliphatic carbocycles. The molecule has 2 rings (SSSR count). The van der Waals surface area contributed by atoms with E-state index < -0.39 is 5.97 Å². The number of carbonyl (C=O) groups excluding carboxylic acids is 2. The quantitative estimate of drug-likeness (QED) is 0.626. The highest BCUT2D eigenvalue weighted by atomic mass is 32.2. The Bertz CT molecular complexity index is 773. The Kier molecular flexibility index (Phi) is 6.65. The van der Waals surface area contributed by atoms with Crippen LogP contribution in [0.2, 0.25) is 0 Å². The fraction of sp³-hybridized carbons (Fsp3) is 0.300. The number of carbonyl (C=O) groups is 2. The maximum Gasteiger partial charge on any atom is 0.339 e. The van der Waals surface area contributed by atoms with Crippen LogP contribution in [0.25, 0.3) is 0 Å². The van der Waals surface area contributed by atoms with Crippen LogP contribution in [-0.4, -0.2) is 24.7 Å². The molecule has 2 aromatic carbocycles. The maximum atomic E-state index is 12.2. The molecule has 5 heteroatoms. The fourth-order valence-electron chi connectivity index (χ4n) is 2.42. The molecular formula is C20H23NO3S. The number of hydrogen-bond acceptors (Lipinski definition) is 4. The second-order valence-electron chi connectivity index (χ2n) is 5.91. The van der Waals surface area contributed by atoms with Crippen LogP contribution in [-0.2, 0) is 9.53 Å². The molecule has 2 aromatic rings. The molecule has 0 bridgehead atoms. The van der Waals surface area contributed by atoms with Crippen molar-refractivity contribution in [1.82, 2.24) is 5.32 Å². The molecule has 0 saturated carbocycles. The van der Waals surface area contributed by atoms with E-state index in [0.29, 0.717) is 5.56 Å². The number of amides is 1. The van der Waals surface area contributed by atoms with Gasteiger partial charge in [0.25, 0.3) is 5.91 Å². The summed E-state index contributed by atoms with van der Waals surface area (Å²) in [6.45, 7) is 5.70. The zero-order chi connectivity index (χ0) is 18.4. The highest BCUT2D eigenvalue weighted by Gasteiger charge is 2.15. The van der Waals surface area contributed by atoms with E-state index in [1.165, 1.54) is 22.9 Å². The minimum atomic E-state index is -0.487. The fourth-order valence-corrected chi connectivity index (χ4v) is 3.01. The van der Waals surface area contributed by atoms with Gasteiger partial charge in [-0.05, 0) is 55.9 Å². The van der Waals surface area contributed by atoms with E-state index in [0.717, 1.165) is 10.5 Å². The van der Waals surface area contributed by atoms with Gasteiger partial charge >= 0.3 is 5.97 Å². The third kappa shape index (κ3) is 5.10. The minimum absolute atomic E-state index is 0.149. The van der Waals surface area contributed by atoms with Crippen molar-refractivity contribution >= 4 is 23.6 Å². The molecule has 0 spiro atoms. The number of aryl methyl sites for hydroxylation is 2. The molecule has 1 amide bonds. The summed E-state index contributed by atoms with van der Waals surface area (Å²) in [5, 5.41) is 2.86. The zero-order valence-electron chi connectivity index (χ0n) is 15.0. The van der Waals surface area contributed by atoms with Crippen LogP contribution in [0.15, 0.2) is 47.4 Å². The molecule has 4 nitrogen and oxygen atoms in total. The van der Waals surface area contributed by atoms with Crippen molar-refractivity contribution in [3.8, 4) is 0 Å². The first-order valence-electron chi connectivity index (χ1n) is 8.09. The molecule has 0 aromatic heterocycles. The summed E-state index contributed by atoms with van der Waals surface area (Å²) < 4.78 is 5.15. The number of nitrogens with one attached hydrogen (secondary N) is 1. The second-order valence-corrected chi connectivity index (χ2v) is 6.76. The van der Waals surface area contributed by atoms with Crippen molar-refractivity contribution in [1.29, 1.82) is 0 Å². The zero-order valence-corrected chi connectivity index (χ0v) is 15.8. The summed E-state index contributed by atoms with van der Waals surface area (Å²) in [6.07, 6.45) is 1.89. The van der Waals surface area contributed by atoms with E-state index in [1.54, 1.807) is 12.1 Å². The first kappa shape index (κ1) is 19.1. The van der Waals surface area contributed by atoms with E-state index in [1.807, 2.05) is 51.3 Å². The van der Waals surface area contributed by atoms with Gasteiger partial charge in [-0.15, -0.1) is 11.8 Å². The van der Waals surface area contributed by atoms with Crippen molar-refractivity contribution in [2.75, 3.05) is 12.9 Å². The van der Waals surface area contributed by atoms with Crippen molar-refractivity contribution < 1.29 is 14.3 Å². The molecule has 0 fully saturated rings. The molecule has 0 aliphatic heterocycles. The highest BCUT2D eigenvalue weighted by molar-refractivity contribution is 7.98. The van der Waals surface area contributed by atoms with Gasteiger partial charge in [0, 0.05) is 4.90 Å². The Labute approximate surface area is 153 Å². The van der Waals surface area contributed by atoms with Gasteiger partial charge in [-0.1, -0.05) is 30.3 Å². The van der Waals surface area contributed by atoms with Gasteiger partial charge < -0.3 is 10.1 Å². The number of rotatable bonds is 6. The summed E-state index contributed by atoms with van der Waals surface area (Å²) in [5.41, 5.74) is 3.89. The van der Waals surface area contributed by atoms with Crippen LogP contribution < -0.4 is 5.32 Å². The molecule has 132 valence electrons. The Morgan fingerprint density at radius 1 is 1.12 bits per heavy atom. The lowest BCUT2D eigenvalue weighted by Gasteiger charge is -2.16. The van der Waals surface area contributed by atoms with Gasteiger partial charge in [-0.3, -0.25) is 4.79 Å². The molecule has 1 N–H and O–H groups in total. The lowest BCUT2D eigenvalue weighted by Crippen LogP contribution is -2.31. The Hall–Kier alpha value is -2.27.